The van der Waals surface area contributed by atoms with Gasteiger partial charge in [-0.2, -0.15) is 0 Å². The van der Waals surface area contributed by atoms with Crippen molar-refractivity contribution in [1.82, 2.24) is 4.98 Å². The van der Waals surface area contributed by atoms with Crippen molar-refractivity contribution in [3.8, 4) is 0 Å². The van der Waals surface area contributed by atoms with Crippen molar-refractivity contribution >= 4 is 61.2 Å². The summed E-state index contributed by atoms with van der Waals surface area (Å²) < 4.78 is -0.0787. The fourth-order valence-electron chi connectivity index (χ4n) is 1.50. The lowest BCUT2D eigenvalue weighted by molar-refractivity contribution is 0.110. The van der Waals surface area contributed by atoms with Gasteiger partial charge in [-0.25, -0.2) is 4.98 Å². The van der Waals surface area contributed by atoms with E-state index >= 15 is 0 Å². The van der Waals surface area contributed by atoms with Crippen LogP contribution in [0.15, 0.2) is 41.3 Å². The van der Waals surface area contributed by atoms with Gasteiger partial charge in [-0.1, -0.05) is 11.6 Å². The Bertz CT molecular complexity index is 604. The Labute approximate surface area is 134 Å². The number of halogens is 2. The molecular weight excluding hydrogens is 395 g/mol. The zero-order valence-corrected chi connectivity index (χ0v) is 13.7. The molecule has 0 amide bonds. The van der Waals surface area contributed by atoms with Gasteiger partial charge in [0.15, 0.2) is 0 Å². The van der Waals surface area contributed by atoms with Gasteiger partial charge in [-0.3, -0.25) is 4.79 Å². The maximum atomic E-state index is 11.5. The lowest BCUT2D eigenvalue weighted by Crippen LogP contribution is -2.01. The molecule has 0 atom stereocenters. The Morgan fingerprint density at radius 3 is 2.53 bits per heavy atom. The van der Waals surface area contributed by atoms with Crippen LogP contribution in [-0.4, -0.2) is 15.0 Å². The van der Waals surface area contributed by atoms with Crippen molar-refractivity contribution in [3.63, 3.8) is 0 Å². The van der Waals surface area contributed by atoms with Crippen LogP contribution in [0.3, 0.4) is 0 Å². The van der Waals surface area contributed by atoms with Crippen molar-refractivity contribution in [3.05, 3.63) is 47.1 Å². The molecule has 0 radical (unpaired) electrons. The van der Waals surface area contributed by atoms with Crippen molar-refractivity contribution in [2.45, 2.75) is 4.90 Å². The van der Waals surface area contributed by atoms with Gasteiger partial charge >= 0.3 is 0 Å². The number of nitrogens with zero attached hydrogens (tertiary/aromatic N) is 1. The topological polar surface area (TPSA) is 42.0 Å². The third-order valence-corrected chi connectivity index (χ3v) is 3.96. The molecule has 3 nitrogen and oxygen atoms in total. The average Bonchev–Trinajstić information content (AvgIpc) is 2.39. The van der Waals surface area contributed by atoms with Gasteiger partial charge in [-0.15, -0.1) is 11.8 Å². The van der Waals surface area contributed by atoms with Crippen LogP contribution in [0, 0.1) is 0 Å². The molecule has 6 heteroatoms. The van der Waals surface area contributed by atoms with Gasteiger partial charge in [0, 0.05) is 33.2 Å². The first kappa shape index (κ1) is 14.6. The molecule has 19 heavy (non-hydrogen) atoms. The molecule has 0 unspecified atom stereocenters. The molecule has 0 fully saturated rings. The number of nitrogens with one attached hydrogen (secondary N) is 1. The predicted octanol–water partition coefficient (Wildman–Crippen LogP) is 4.78. The van der Waals surface area contributed by atoms with Gasteiger partial charge in [0.1, 0.15) is 11.0 Å². The molecule has 0 aliphatic carbocycles. The SMILES string of the molecule is CSc1ccc(Nc2nc(Cl)ccc2C(=O)I)cc1. The Hall–Kier alpha value is -0.790. The molecule has 98 valence electrons. The van der Waals surface area contributed by atoms with Crippen LogP contribution in [0.25, 0.3) is 0 Å². The molecule has 2 aromatic rings. The molecule has 0 aliphatic rings. The number of pyridine rings is 1. The summed E-state index contributed by atoms with van der Waals surface area (Å²) in [5.41, 5.74) is 1.38. The van der Waals surface area contributed by atoms with E-state index in [1.54, 1.807) is 46.5 Å². The van der Waals surface area contributed by atoms with E-state index in [0.29, 0.717) is 16.5 Å². The molecule has 0 bridgehead atoms. The Morgan fingerprint density at radius 1 is 1.26 bits per heavy atom. The Kier molecular flexibility index (Phi) is 5.06. The molecule has 0 saturated heterocycles. The molecule has 1 N–H and O–H groups in total. The number of hydrogen-bond acceptors (Lipinski definition) is 4. The highest BCUT2D eigenvalue weighted by molar-refractivity contribution is 14.1. The number of benzene rings is 1. The third-order valence-electron chi connectivity index (χ3n) is 2.43. The fraction of sp³-hybridized carbons (Fsp3) is 0.0769. The van der Waals surface area contributed by atoms with Crippen molar-refractivity contribution in [2.24, 2.45) is 0 Å². The maximum Gasteiger partial charge on any atom is 0.226 e. The minimum atomic E-state index is -0.0787. The van der Waals surface area contributed by atoms with E-state index in [-0.39, 0.29) is 3.79 Å². The van der Waals surface area contributed by atoms with Crippen LogP contribution >= 0.6 is 46.0 Å². The van der Waals surface area contributed by atoms with Crippen molar-refractivity contribution in [1.29, 1.82) is 0 Å². The number of thioether (sulfide) groups is 1. The van der Waals surface area contributed by atoms with E-state index in [1.165, 1.54) is 4.90 Å². The number of carbonyl (C=O) groups is 1. The van der Waals surface area contributed by atoms with E-state index in [2.05, 4.69) is 10.3 Å². The molecule has 1 aromatic heterocycles. The number of anilines is 2. The minimum Gasteiger partial charge on any atom is -0.340 e. The van der Waals surface area contributed by atoms with Gasteiger partial charge in [-0.05, 0) is 42.7 Å². The van der Waals surface area contributed by atoms with Crippen LogP contribution in [-0.2, 0) is 0 Å². The van der Waals surface area contributed by atoms with E-state index in [9.17, 15) is 4.79 Å². The second kappa shape index (κ2) is 6.58. The number of rotatable bonds is 4. The zero-order chi connectivity index (χ0) is 13.8. The molecule has 1 heterocycles. The minimum absolute atomic E-state index is 0.0787. The van der Waals surface area contributed by atoms with Crippen LogP contribution in [0.4, 0.5) is 11.5 Å². The Balaban J connectivity index is 2.31. The molecule has 2 rings (SSSR count). The highest BCUT2D eigenvalue weighted by atomic mass is 127. The molecule has 1 aromatic carbocycles. The summed E-state index contributed by atoms with van der Waals surface area (Å²) in [6.45, 7) is 0. The summed E-state index contributed by atoms with van der Waals surface area (Å²) in [6, 6.07) is 11.2. The first-order valence-electron chi connectivity index (χ1n) is 5.37. The molecule has 0 spiro atoms. The van der Waals surface area contributed by atoms with Gasteiger partial charge in [0.2, 0.25) is 3.79 Å². The van der Waals surface area contributed by atoms with Crippen molar-refractivity contribution in [2.75, 3.05) is 11.6 Å². The summed E-state index contributed by atoms with van der Waals surface area (Å²) in [6.07, 6.45) is 2.02. The molecule has 0 saturated carbocycles. The van der Waals surface area contributed by atoms with Crippen LogP contribution < -0.4 is 5.32 Å². The quantitative estimate of drug-likeness (QED) is 0.345. The molecule has 0 aliphatic heterocycles. The van der Waals surface area contributed by atoms with Crippen molar-refractivity contribution < 1.29 is 4.79 Å². The molecular formula is C13H10ClIN2OS. The van der Waals surface area contributed by atoms with Crippen LogP contribution in [0.2, 0.25) is 5.15 Å². The standard InChI is InChI=1S/C13H10ClIN2OS/c1-19-9-4-2-8(3-5-9)16-13-10(12(15)18)6-7-11(14)17-13/h2-7H,1H3,(H,16,17). The lowest BCUT2D eigenvalue weighted by atomic mass is 10.2. The zero-order valence-electron chi connectivity index (χ0n) is 9.98. The summed E-state index contributed by atoms with van der Waals surface area (Å²) in [7, 11) is 0. The summed E-state index contributed by atoms with van der Waals surface area (Å²) in [5, 5.41) is 3.47. The highest BCUT2D eigenvalue weighted by Gasteiger charge is 2.11. The van der Waals surface area contributed by atoms with E-state index in [4.69, 9.17) is 11.6 Å². The summed E-state index contributed by atoms with van der Waals surface area (Å²) in [5.74, 6) is 0.476. The van der Waals surface area contributed by atoms with Crippen LogP contribution in [0.5, 0.6) is 0 Å². The second-order valence-corrected chi connectivity index (χ2v) is 5.90. The van der Waals surface area contributed by atoms with Gasteiger partial charge in [0.05, 0.1) is 5.56 Å². The number of aromatic nitrogens is 1. The third kappa shape index (κ3) is 3.84. The predicted molar refractivity (Wildman–Crippen MR) is 89.1 cm³/mol. The first-order valence-corrected chi connectivity index (χ1v) is 8.06. The fourth-order valence-corrected chi connectivity index (χ4v) is 2.49. The summed E-state index contributed by atoms with van der Waals surface area (Å²) in [4.78, 5) is 16.9. The van der Waals surface area contributed by atoms with Gasteiger partial charge in [0.25, 0.3) is 0 Å². The smallest absolute Gasteiger partial charge is 0.226 e. The van der Waals surface area contributed by atoms with Gasteiger partial charge < -0.3 is 5.32 Å². The summed E-state index contributed by atoms with van der Waals surface area (Å²) >= 11 is 9.28. The Morgan fingerprint density at radius 2 is 1.95 bits per heavy atom. The highest BCUT2D eigenvalue weighted by Crippen LogP contribution is 2.24. The first-order chi connectivity index (χ1) is 9.10. The average molecular weight is 405 g/mol. The monoisotopic (exact) mass is 404 g/mol. The maximum absolute atomic E-state index is 11.5. The van der Waals surface area contributed by atoms with Crippen LogP contribution in [0.1, 0.15) is 10.4 Å². The second-order valence-electron chi connectivity index (χ2n) is 3.66. The van der Waals surface area contributed by atoms with E-state index in [1.807, 2.05) is 30.5 Å². The number of carbonyl (C=O) groups excluding carboxylic acids is 1. The normalized spacial score (nSPS) is 10.3. The number of hydrogen-bond donors (Lipinski definition) is 1. The largest absolute Gasteiger partial charge is 0.340 e. The van der Waals surface area contributed by atoms with E-state index < -0.39 is 0 Å². The van der Waals surface area contributed by atoms with E-state index in [0.717, 1.165) is 5.69 Å². The lowest BCUT2D eigenvalue weighted by Gasteiger charge is -2.09.